The van der Waals surface area contributed by atoms with Gasteiger partial charge < -0.3 is 15.2 Å². The van der Waals surface area contributed by atoms with Gasteiger partial charge in [0.1, 0.15) is 0 Å². The van der Waals surface area contributed by atoms with Gasteiger partial charge in [-0.1, -0.05) is 29.3 Å². The highest BCUT2D eigenvalue weighted by Gasteiger charge is 2.08. The fourth-order valence-electron chi connectivity index (χ4n) is 1.93. The smallest absolute Gasteiger partial charge is 0.0945 e. The molecule has 0 saturated heterocycles. The van der Waals surface area contributed by atoms with Crippen molar-refractivity contribution in [3.8, 4) is 0 Å². The van der Waals surface area contributed by atoms with Crippen molar-refractivity contribution in [1.29, 1.82) is 0 Å². The Balaban J connectivity index is 2.40. The Kier molecular flexibility index (Phi) is 7.42. The van der Waals surface area contributed by atoms with Gasteiger partial charge in [-0.3, -0.25) is 0 Å². The lowest BCUT2D eigenvalue weighted by molar-refractivity contribution is 0.0421. The summed E-state index contributed by atoms with van der Waals surface area (Å²) >= 11 is 3.48. The number of rotatable bonds is 8. The number of unbranched alkanes of at least 4 members (excludes halogenated alkanes) is 1. The zero-order chi connectivity index (χ0) is 14.3. The van der Waals surface area contributed by atoms with E-state index in [1.807, 2.05) is 0 Å². The van der Waals surface area contributed by atoms with E-state index in [2.05, 4.69) is 54.2 Å². The van der Waals surface area contributed by atoms with Crippen molar-refractivity contribution >= 4 is 21.6 Å². The first-order valence-corrected chi connectivity index (χ1v) is 7.60. The van der Waals surface area contributed by atoms with Crippen molar-refractivity contribution in [3.63, 3.8) is 0 Å². The molecule has 0 aromatic heterocycles. The Morgan fingerprint density at radius 3 is 2.53 bits per heavy atom. The number of halogens is 1. The van der Waals surface area contributed by atoms with Gasteiger partial charge in [0, 0.05) is 23.3 Å². The summed E-state index contributed by atoms with van der Waals surface area (Å²) in [6, 6.07) is 4.14. The maximum absolute atomic E-state index is 9.85. The van der Waals surface area contributed by atoms with E-state index in [9.17, 15) is 5.11 Å². The Hall–Kier alpha value is -0.580. The third-order valence-electron chi connectivity index (χ3n) is 2.96. The highest BCUT2D eigenvalue weighted by Crippen LogP contribution is 2.24. The number of hydrogen-bond acceptors (Lipinski definition) is 3. The largest absolute Gasteiger partial charge is 0.389 e. The standard InChI is InChI=1S/C15H24BrNO2/c1-4-5-6-19-10-14(18)9-17-15-11(2)7-13(16)8-12(15)3/h7-8,14,17-18H,4-6,9-10H2,1-3H3. The van der Waals surface area contributed by atoms with Gasteiger partial charge in [0.15, 0.2) is 0 Å². The monoisotopic (exact) mass is 329 g/mol. The number of benzene rings is 1. The van der Waals surface area contributed by atoms with E-state index in [1.165, 1.54) is 11.1 Å². The minimum Gasteiger partial charge on any atom is -0.389 e. The molecule has 0 saturated carbocycles. The van der Waals surface area contributed by atoms with E-state index < -0.39 is 6.10 Å². The molecule has 2 N–H and O–H groups in total. The normalized spacial score (nSPS) is 12.5. The molecule has 0 aliphatic carbocycles. The van der Waals surface area contributed by atoms with Crippen LogP contribution in [0, 0.1) is 13.8 Å². The quantitative estimate of drug-likeness (QED) is 0.715. The minimum absolute atomic E-state index is 0.390. The Morgan fingerprint density at radius 2 is 1.95 bits per heavy atom. The number of aliphatic hydroxyl groups excluding tert-OH is 1. The molecule has 1 rings (SSSR count). The van der Waals surface area contributed by atoms with Crippen molar-refractivity contribution in [3.05, 3.63) is 27.7 Å². The van der Waals surface area contributed by atoms with Gasteiger partial charge >= 0.3 is 0 Å². The molecular formula is C15H24BrNO2. The average molecular weight is 330 g/mol. The molecule has 0 aliphatic heterocycles. The maximum atomic E-state index is 9.85. The first-order chi connectivity index (χ1) is 9.04. The third-order valence-corrected chi connectivity index (χ3v) is 3.42. The van der Waals surface area contributed by atoms with Crippen molar-refractivity contribution < 1.29 is 9.84 Å². The van der Waals surface area contributed by atoms with Crippen molar-refractivity contribution in [2.24, 2.45) is 0 Å². The lowest BCUT2D eigenvalue weighted by Gasteiger charge is -2.17. The van der Waals surface area contributed by atoms with Crippen LogP contribution >= 0.6 is 15.9 Å². The third kappa shape index (κ3) is 5.93. The van der Waals surface area contributed by atoms with Gasteiger partial charge in [0.25, 0.3) is 0 Å². The zero-order valence-corrected chi connectivity index (χ0v) is 13.6. The van der Waals surface area contributed by atoms with Crippen LogP contribution < -0.4 is 5.32 Å². The van der Waals surface area contributed by atoms with Crippen molar-refractivity contribution in [1.82, 2.24) is 0 Å². The van der Waals surface area contributed by atoms with Crippen LogP contribution in [-0.4, -0.2) is 31.0 Å². The molecular weight excluding hydrogens is 306 g/mol. The summed E-state index contributed by atoms with van der Waals surface area (Å²) in [5.41, 5.74) is 3.44. The van der Waals surface area contributed by atoms with Gasteiger partial charge in [0.05, 0.1) is 12.7 Å². The molecule has 0 aliphatic rings. The summed E-state index contributed by atoms with van der Waals surface area (Å²) in [5, 5.41) is 13.1. The maximum Gasteiger partial charge on any atom is 0.0945 e. The number of hydrogen-bond donors (Lipinski definition) is 2. The lowest BCUT2D eigenvalue weighted by Crippen LogP contribution is -2.25. The van der Waals surface area contributed by atoms with Crippen LogP contribution in [0.1, 0.15) is 30.9 Å². The van der Waals surface area contributed by atoms with E-state index in [0.717, 1.165) is 29.6 Å². The zero-order valence-electron chi connectivity index (χ0n) is 12.0. The first-order valence-electron chi connectivity index (χ1n) is 6.81. The van der Waals surface area contributed by atoms with Crippen LogP contribution in [-0.2, 0) is 4.74 Å². The van der Waals surface area contributed by atoms with Gasteiger partial charge in [-0.2, -0.15) is 0 Å². The molecule has 0 bridgehead atoms. The fourth-order valence-corrected chi connectivity index (χ4v) is 2.62. The SMILES string of the molecule is CCCCOCC(O)CNc1c(C)cc(Br)cc1C. The van der Waals surface area contributed by atoms with E-state index >= 15 is 0 Å². The summed E-state index contributed by atoms with van der Waals surface area (Å²) in [6.45, 7) is 7.87. The molecule has 1 aromatic carbocycles. The molecule has 4 heteroatoms. The van der Waals surface area contributed by atoms with E-state index in [-0.39, 0.29) is 0 Å². The topological polar surface area (TPSA) is 41.5 Å². The summed E-state index contributed by atoms with van der Waals surface area (Å²) in [6.07, 6.45) is 1.69. The summed E-state index contributed by atoms with van der Waals surface area (Å²) in [4.78, 5) is 0. The minimum atomic E-state index is -0.473. The molecule has 0 fully saturated rings. The molecule has 1 aromatic rings. The highest BCUT2D eigenvalue weighted by molar-refractivity contribution is 9.10. The fraction of sp³-hybridized carbons (Fsp3) is 0.600. The summed E-state index contributed by atoms with van der Waals surface area (Å²) < 4.78 is 6.49. The van der Waals surface area contributed by atoms with Crippen molar-refractivity contribution in [2.75, 3.05) is 25.1 Å². The van der Waals surface area contributed by atoms with Gasteiger partial charge in [-0.05, 0) is 43.5 Å². The second kappa shape index (κ2) is 8.56. The first kappa shape index (κ1) is 16.5. The van der Waals surface area contributed by atoms with Gasteiger partial charge in [-0.25, -0.2) is 0 Å². The highest BCUT2D eigenvalue weighted by atomic mass is 79.9. The predicted molar refractivity (Wildman–Crippen MR) is 83.8 cm³/mol. The second-order valence-electron chi connectivity index (χ2n) is 4.88. The lowest BCUT2D eigenvalue weighted by atomic mass is 10.1. The molecule has 0 amide bonds. The second-order valence-corrected chi connectivity index (χ2v) is 5.79. The summed E-state index contributed by atoms with van der Waals surface area (Å²) in [7, 11) is 0. The average Bonchev–Trinajstić information content (AvgIpc) is 2.33. The Morgan fingerprint density at radius 1 is 1.32 bits per heavy atom. The van der Waals surface area contributed by atoms with Crippen LogP contribution in [0.5, 0.6) is 0 Å². The van der Waals surface area contributed by atoms with E-state index in [1.54, 1.807) is 0 Å². The number of aliphatic hydroxyl groups is 1. The van der Waals surface area contributed by atoms with Crippen LogP contribution in [0.3, 0.4) is 0 Å². The van der Waals surface area contributed by atoms with Crippen LogP contribution in [0.15, 0.2) is 16.6 Å². The predicted octanol–water partition coefficient (Wildman–Crippen LogP) is 3.66. The van der Waals surface area contributed by atoms with Crippen LogP contribution in [0.2, 0.25) is 0 Å². The Labute approximate surface area is 124 Å². The molecule has 0 spiro atoms. The van der Waals surface area contributed by atoms with E-state index in [4.69, 9.17) is 4.74 Å². The number of aryl methyl sites for hydroxylation is 2. The molecule has 1 atom stereocenters. The van der Waals surface area contributed by atoms with E-state index in [0.29, 0.717) is 13.2 Å². The molecule has 3 nitrogen and oxygen atoms in total. The van der Waals surface area contributed by atoms with Crippen LogP contribution in [0.25, 0.3) is 0 Å². The Bertz CT molecular complexity index is 373. The molecule has 108 valence electrons. The summed E-state index contributed by atoms with van der Waals surface area (Å²) in [5.74, 6) is 0. The molecule has 0 heterocycles. The number of nitrogens with one attached hydrogen (secondary N) is 1. The van der Waals surface area contributed by atoms with Gasteiger partial charge in [-0.15, -0.1) is 0 Å². The van der Waals surface area contributed by atoms with Gasteiger partial charge in [0.2, 0.25) is 0 Å². The molecule has 19 heavy (non-hydrogen) atoms. The van der Waals surface area contributed by atoms with Crippen LogP contribution in [0.4, 0.5) is 5.69 Å². The molecule has 0 radical (unpaired) electrons. The number of ether oxygens (including phenoxy) is 1. The van der Waals surface area contributed by atoms with Crippen molar-refractivity contribution in [2.45, 2.75) is 39.7 Å². The molecule has 1 unspecified atom stereocenters. The number of anilines is 1.